The van der Waals surface area contributed by atoms with Crippen LogP contribution in [0.1, 0.15) is 98.5 Å². The van der Waals surface area contributed by atoms with Crippen LogP contribution in [0.2, 0.25) is 0 Å². The fourth-order valence-electron chi connectivity index (χ4n) is 6.72. The lowest BCUT2D eigenvalue weighted by Gasteiger charge is -2.46. The van der Waals surface area contributed by atoms with Crippen LogP contribution in [0.3, 0.4) is 0 Å². The Morgan fingerprint density at radius 2 is 1.69 bits per heavy atom. The van der Waals surface area contributed by atoms with Gasteiger partial charge in [-0.3, -0.25) is 16.1 Å². The number of halogens is 2. The first-order valence-electron chi connectivity index (χ1n) is 16.5. The summed E-state index contributed by atoms with van der Waals surface area (Å²) in [7, 11) is 3.53. The van der Waals surface area contributed by atoms with Gasteiger partial charge in [0.25, 0.3) is 5.91 Å². The molecule has 0 radical (unpaired) electrons. The van der Waals surface area contributed by atoms with Gasteiger partial charge in [-0.25, -0.2) is 24.0 Å². The maximum absolute atomic E-state index is 13.7. The molecule has 0 spiro atoms. The molecule has 1 amide bonds. The number of nitrogens with zero attached hydrogens (tertiary/aromatic N) is 1. The molecular formula is C33H61F2N5O5. The van der Waals surface area contributed by atoms with Crippen molar-refractivity contribution >= 4 is 5.91 Å². The minimum Gasteiger partial charge on any atom is -0.366 e. The summed E-state index contributed by atoms with van der Waals surface area (Å²) < 4.78 is 27.4. The van der Waals surface area contributed by atoms with E-state index in [1.54, 1.807) is 7.05 Å². The lowest BCUT2D eigenvalue weighted by atomic mass is 9.86. The highest BCUT2D eigenvalue weighted by Crippen LogP contribution is 2.44. The zero-order valence-electron chi connectivity index (χ0n) is 28.7. The quantitative estimate of drug-likeness (QED) is 0.0957. The van der Waals surface area contributed by atoms with Crippen molar-refractivity contribution in [2.45, 2.75) is 135 Å². The van der Waals surface area contributed by atoms with E-state index in [0.29, 0.717) is 12.8 Å². The zero-order chi connectivity index (χ0) is 34.4. The second kappa shape index (κ2) is 19.1. The van der Waals surface area contributed by atoms with Crippen molar-refractivity contribution in [3.8, 4) is 0 Å². The van der Waals surface area contributed by atoms with Crippen LogP contribution in [0.4, 0.5) is 8.78 Å². The fraction of sp³-hybridized carbons (Fsp3) is 0.788. The van der Waals surface area contributed by atoms with Gasteiger partial charge in [-0.15, -0.1) is 0 Å². The zero-order valence-corrected chi connectivity index (χ0v) is 28.7. The number of aliphatic hydroxyl groups is 3. The van der Waals surface area contributed by atoms with E-state index in [-0.39, 0.29) is 68.5 Å². The number of likely N-dealkylation sites (tertiary alicyclic amines) is 1. The van der Waals surface area contributed by atoms with Gasteiger partial charge in [-0.05, 0) is 77.4 Å². The van der Waals surface area contributed by atoms with Crippen LogP contribution >= 0.6 is 0 Å². The van der Waals surface area contributed by atoms with Gasteiger partial charge in [0.15, 0.2) is 5.79 Å². The molecule has 0 aromatic heterocycles. The van der Waals surface area contributed by atoms with Crippen LogP contribution in [-0.2, 0) is 16.1 Å². The molecule has 1 aromatic carbocycles. The van der Waals surface area contributed by atoms with E-state index in [9.17, 15) is 28.9 Å². The molecule has 45 heavy (non-hydrogen) atoms. The van der Waals surface area contributed by atoms with E-state index in [0.717, 1.165) is 12.0 Å². The van der Waals surface area contributed by atoms with Gasteiger partial charge in [-0.1, -0.05) is 58.0 Å². The second-order valence-corrected chi connectivity index (χ2v) is 12.8. The number of nitrogens with one attached hydrogen (secondary N) is 3. The number of alkyl halides is 2. The van der Waals surface area contributed by atoms with Crippen LogP contribution in [0.15, 0.2) is 30.3 Å². The van der Waals surface area contributed by atoms with Crippen molar-refractivity contribution in [2.24, 2.45) is 23.6 Å². The number of aryl methyl sites for hydroxylation is 1. The molecule has 6 atom stereocenters. The average molecular weight is 646 g/mol. The molecule has 1 aromatic rings. The first-order chi connectivity index (χ1) is 21.1. The normalized spacial score (nSPS) is 24.7. The van der Waals surface area contributed by atoms with Gasteiger partial charge < -0.3 is 20.6 Å². The lowest BCUT2D eigenvalue weighted by molar-refractivity contribution is -0.335. The summed E-state index contributed by atoms with van der Waals surface area (Å²) in [6.07, 6.45) is 1.54. The number of hydroxylamine groups is 1. The third-order valence-corrected chi connectivity index (χ3v) is 8.74. The molecule has 1 saturated heterocycles. The van der Waals surface area contributed by atoms with E-state index in [1.165, 1.54) is 6.92 Å². The number of benzene rings is 1. The SMILES string of the molecule is CC.CNC(C)CC1CC(C)C(C(C)CC(C)(O)O)N1C(O)(CCc1ccccc1)ONC(=O)C1CCC(F)(F)CC1.CNN. The monoisotopic (exact) mass is 645 g/mol. The molecule has 0 bridgehead atoms. The number of hydrazine groups is 1. The molecule has 1 aliphatic carbocycles. The highest BCUT2D eigenvalue weighted by atomic mass is 19.3. The van der Waals surface area contributed by atoms with Crippen LogP contribution in [0.5, 0.6) is 0 Å². The van der Waals surface area contributed by atoms with E-state index in [4.69, 9.17) is 4.84 Å². The van der Waals surface area contributed by atoms with Crippen molar-refractivity contribution in [2.75, 3.05) is 14.1 Å². The number of hydrogen-bond donors (Lipinski definition) is 7. The lowest BCUT2D eigenvalue weighted by Crippen LogP contribution is -2.61. The maximum atomic E-state index is 13.7. The van der Waals surface area contributed by atoms with E-state index in [1.807, 2.05) is 63.1 Å². The van der Waals surface area contributed by atoms with E-state index in [2.05, 4.69) is 35.9 Å². The molecule has 1 aliphatic heterocycles. The van der Waals surface area contributed by atoms with Crippen molar-refractivity contribution in [1.82, 2.24) is 21.1 Å². The number of nitrogens with two attached hydrogens (primary N) is 1. The molecule has 2 aliphatic rings. The molecule has 1 saturated carbocycles. The third kappa shape index (κ3) is 13.5. The van der Waals surface area contributed by atoms with Crippen LogP contribution in [0, 0.1) is 17.8 Å². The Balaban J connectivity index is 0.00000191. The molecular weight excluding hydrogens is 584 g/mol. The smallest absolute Gasteiger partial charge is 0.251 e. The number of carbonyl (C=O) groups is 1. The Kier molecular flexibility index (Phi) is 17.6. The first-order valence-corrected chi connectivity index (χ1v) is 16.5. The molecule has 10 nitrogen and oxygen atoms in total. The number of hydrogen-bond acceptors (Lipinski definition) is 9. The Labute approximate surface area is 269 Å². The van der Waals surface area contributed by atoms with Crippen molar-refractivity contribution in [3.63, 3.8) is 0 Å². The average Bonchev–Trinajstić information content (AvgIpc) is 3.32. The van der Waals surface area contributed by atoms with Crippen LogP contribution < -0.4 is 22.1 Å². The third-order valence-electron chi connectivity index (χ3n) is 8.74. The standard InChI is InChI=1S/C30H49F2N3O5.C2H6.CH6N2/c1-20-17-25(18-22(3)33-5)35(26(20)21(2)19-28(4,37)38)30(39,16-11-23-9-7-6-8-10-23)40-34-27(36)24-12-14-29(31,32)15-13-24;1-2;1-3-2/h6-10,20-22,24-26,33,37-39H,11-19H2,1-5H3,(H,34,36);1-2H3;3H,2H2,1H3. The van der Waals surface area contributed by atoms with Crippen LogP contribution in [-0.4, -0.2) is 76.0 Å². The maximum Gasteiger partial charge on any atom is 0.251 e. The summed E-state index contributed by atoms with van der Waals surface area (Å²) in [5.41, 5.74) is 5.69. The molecule has 12 heteroatoms. The second-order valence-electron chi connectivity index (χ2n) is 12.8. The number of carbonyl (C=O) groups excluding carboxylic acids is 1. The Morgan fingerprint density at radius 3 is 2.20 bits per heavy atom. The molecule has 2 fully saturated rings. The Hall–Kier alpha value is -1.77. The summed E-state index contributed by atoms with van der Waals surface area (Å²) in [6.45, 7) is 11.4. The van der Waals surface area contributed by atoms with Gasteiger partial charge >= 0.3 is 0 Å². The fourth-order valence-corrected chi connectivity index (χ4v) is 6.72. The van der Waals surface area contributed by atoms with Gasteiger partial charge in [0.1, 0.15) is 0 Å². The molecule has 1 heterocycles. The van der Waals surface area contributed by atoms with Crippen molar-refractivity contribution in [3.05, 3.63) is 35.9 Å². The van der Waals surface area contributed by atoms with Crippen molar-refractivity contribution in [1.29, 1.82) is 0 Å². The molecule has 262 valence electrons. The molecule has 3 rings (SSSR count). The minimum absolute atomic E-state index is 0.0545. The van der Waals surface area contributed by atoms with Gasteiger partial charge in [0, 0.05) is 49.7 Å². The number of amides is 1. The largest absolute Gasteiger partial charge is 0.366 e. The highest BCUT2D eigenvalue weighted by Gasteiger charge is 2.53. The van der Waals surface area contributed by atoms with E-state index >= 15 is 0 Å². The minimum atomic E-state index is -2.76. The van der Waals surface area contributed by atoms with Gasteiger partial charge in [0.05, 0.1) is 0 Å². The van der Waals surface area contributed by atoms with Crippen LogP contribution in [0.25, 0.3) is 0 Å². The highest BCUT2D eigenvalue weighted by molar-refractivity contribution is 5.77. The summed E-state index contributed by atoms with van der Waals surface area (Å²) in [4.78, 5) is 20.9. The predicted molar refractivity (Wildman–Crippen MR) is 173 cm³/mol. The van der Waals surface area contributed by atoms with Gasteiger partial charge in [0.2, 0.25) is 11.8 Å². The van der Waals surface area contributed by atoms with E-state index < -0.39 is 29.4 Å². The summed E-state index contributed by atoms with van der Waals surface area (Å²) >= 11 is 0. The summed E-state index contributed by atoms with van der Waals surface area (Å²) in [5.74, 6) is -3.23. The Morgan fingerprint density at radius 1 is 1.13 bits per heavy atom. The van der Waals surface area contributed by atoms with Gasteiger partial charge in [-0.2, -0.15) is 0 Å². The summed E-state index contributed by atoms with van der Waals surface area (Å²) in [5, 5.41) is 36.0. The predicted octanol–water partition coefficient (Wildman–Crippen LogP) is 4.05. The topological polar surface area (TPSA) is 152 Å². The van der Waals surface area contributed by atoms with Crippen molar-refractivity contribution < 1.29 is 33.7 Å². The first kappa shape index (κ1) is 41.3. The summed E-state index contributed by atoms with van der Waals surface area (Å²) in [6, 6.07) is 9.38. The molecule has 6 unspecified atom stereocenters. The molecule has 8 N–H and O–H groups in total. The number of rotatable bonds is 13. The Bertz CT molecular complexity index is 961.